The Balaban J connectivity index is 1.47. The lowest BCUT2D eigenvalue weighted by molar-refractivity contribution is -0.0983. The summed E-state index contributed by atoms with van der Waals surface area (Å²) >= 11 is 0. The SMILES string of the molecule is CCCCCCCCC(C(C)(C)C)C(C)(C)OCCN1C=CN(C(c2ccccc2)(c2ccccc2)c2ccccc2)C1. The molecule has 3 heteroatoms. The zero-order valence-corrected chi connectivity index (χ0v) is 27.8. The molecule has 0 aromatic heterocycles. The summed E-state index contributed by atoms with van der Waals surface area (Å²) in [5.74, 6) is 0.513. The predicted octanol–water partition coefficient (Wildman–Crippen LogP) is 10.2. The van der Waals surface area contributed by atoms with Crippen LogP contribution in [0.25, 0.3) is 0 Å². The highest BCUT2D eigenvalue weighted by molar-refractivity contribution is 5.50. The third-order valence-corrected chi connectivity index (χ3v) is 9.38. The van der Waals surface area contributed by atoms with Crippen LogP contribution in [-0.4, -0.2) is 35.2 Å². The minimum Gasteiger partial charge on any atom is -0.373 e. The molecule has 0 N–H and O–H groups in total. The molecule has 3 aromatic carbocycles. The Bertz CT molecular complexity index is 1130. The van der Waals surface area contributed by atoms with Crippen molar-refractivity contribution in [1.29, 1.82) is 0 Å². The monoisotopic (exact) mass is 580 g/mol. The first-order valence-corrected chi connectivity index (χ1v) is 16.7. The molecule has 3 nitrogen and oxygen atoms in total. The van der Waals surface area contributed by atoms with Crippen molar-refractivity contribution in [3.8, 4) is 0 Å². The van der Waals surface area contributed by atoms with Gasteiger partial charge in [-0.2, -0.15) is 0 Å². The summed E-state index contributed by atoms with van der Waals surface area (Å²) < 4.78 is 6.76. The summed E-state index contributed by atoms with van der Waals surface area (Å²) in [6, 6.07) is 32.8. The lowest BCUT2D eigenvalue weighted by atomic mass is 9.69. The van der Waals surface area contributed by atoms with Crippen molar-refractivity contribution in [3.05, 3.63) is 120 Å². The molecule has 0 spiro atoms. The molecule has 0 saturated heterocycles. The van der Waals surface area contributed by atoms with Gasteiger partial charge in [-0.05, 0) is 48.3 Å². The molecule has 1 unspecified atom stereocenters. The van der Waals surface area contributed by atoms with Crippen LogP contribution in [0.4, 0.5) is 0 Å². The van der Waals surface area contributed by atoms with Crippen molar-refractivity contribution in [3.63, 3.8) is 0 Å². The summed E-state index contributed by atoms with van der Waals surface area (Å²) in [6.45, 7) is 16.4. The number of unbranched alkanes of at least 4 members (excludes halogenated alkanes) is 5. The molecule has 1 heterocycles. The Morgan fingerprint density at radius 3 is 1.63 bits per heavy atom. The third-order valence-electron chi connectivity index (χ3n) is 9.38. The second-order valence-electron chi connectivity index (χ2n) is 14.0. The fraction of sp³-hybridized carbons (Fsp3) is 0.500. The first kappa shape index (κ1) is 32.9. The van der Waals surface area contributed by atoms with Gasteiger partial charge in [0.2, 0.25) is 0 Å². The normalized spacial score (nSPS) is 14.8. The van der Waals surface area contributed by atoms with E-state index in [1.807, 2.05) is 0 Å². The second kappa shape index (κ2) is 15.1. The van der Waals surface area contributed by atoms with Crippen molar-refractivity contribution in [2.75, 3.05) is 19.8 Å². The molecule has 0 bridgehead atoms. The van der Waals surface area contributed by atoms with Crippen LogP contribution in [0.2, 0.25) is 0 Å². The lowest BCUT2D eigenvalue weighted by Gasteiger charge is -2.44. The van der Waals surface area contributed by atoms with Gasteiger partial charge in [0.1, 0.15) is 5.54 Å². The minimum atomic E-state index is -0.441. The Morgan fingerprint density at radius 2 is 1.14 bits per heavy atom. The van der Waals surface area contributed by atoms with E-state index < -0.39 is 5.54 Å². The first-order chi connectivity index (χ1) is 20.7. The lowest BCUT2D eigenvalue weighted by Crippen LogP contribution is -2.47. The highest BCUT2D eigenvalue weighted by Crippen LogP contribution is 2.44. The fourth-order valence-electron chi connectivity index (χ4n) is 7.34. The summed E-state index contributed by atoms with van der Waals surface area (Å²) in [6.07, 6.45) is 13.8. The molecule has 0 fully saturated rings. The van der Waals surface area contributed by atoms with E-state index in [-0.39, 0.29) is 11.0 Å². The van der Waals surface area contributed by atoms with Gasteiger partial charge in [-0.25, -0.2) is 0 Å². The predicted molar refractivity (Wildman–Crippen MR) is 183 cm³/mol. The van der Waals surface area contributed by atoms with Crippen molar-refractivity contribution < 1.29 is 4.74 Å². The van der Waals surface area contributed by atoms with Crippen LogP contribution in [0.15, 0.2) is 103 Å². The summed E-state index contributed by atoms with van der Waals surface area (Å²) in [5.41, 5.74) is 3.38. The number of hydrogen-bond donors (Lipinski definition) is 0. The summed E-state index contributed by atoms with van der Waals surface area (Å²) in [5, 5.41) is 0. The van der Waals surface area contributed by atoms with Gasteiger partial charge in [0.15, 0.2) is 0 Å². The standard InChI is InChI=1S/C40H56N2O/c1-7-8-9-10-11-21-28-37(38(2,3)4)39(5,6)43-32-31-41-29-30-42(33-41)40(34-22-15-12-16-23-34,35-24-17-13-18-25-35)36-26-19-14-20-27-36/h12-20,22-27,29-30,37H,7-11,21,28,31-33H2,1-6H3. The van der Waals surface area contributed by atoms with Gasteiger partial charge in [0.05, 0.1) is 18.9 Å². The number of ether oxygens (including phenoxy) is 1. The Kier molecular flexibility index (Phi) is 11.5. The number of rotatable bonds is 16. The molecule has 1 aliphatic rings. The average molecular weight is 581 g/mol. The van der Waals surface area contributed by atoms with Gasteiger partial charge in [-0.15, -0.1) is 0 Å². The number of benzene rings is 3. The molecular formula is C40H56N2O. The fourth-order valence-corrected chi connectivity index (χ4v) is 7.34. The van der Waals surface area contributed by atoms with Gasteiger partial charge in [0.25, 0.3) is 0 Å². The molecule has 232 valence electrons. The summed E-state index contributed by atoms with van der Waals surface area (Å²) in [4.78, 5) is 4.90. The largest absolute Gasteiger partial charge is 0.373 e. The first-order valence-electron chi connectivity index (χ1n) is 16.7. The van der Waals surface area contributed by atoms with Crippen LogP contribution in [-0.2, 0) is 10.3 Å². The topological polar surface area (TPSA) is 15.7 Å². The number of hydrogen-bond acceptors (Lipinski definition) is 3. The van der Waals surface area contributed by atoms with E-state index in [0.29, 0.717) is 12.5 Å². The van der Waals surface area contributed by atoms with Gasteiger partial charge >= 0.3 is 0 Å². The molecule has 0 radical (unpaired) electrons. The van der Waals surface area contributed by atoms with E-state index in [9.17, 15) is 0 Å². The van der Waals surface area contributed by atoms with E-state index >= 15 is 0 Å². The second-order valence-corrected chi connectivity index (χ2v) is 14.0. The molecule has 1 aliphatic heterocycles. The average Bonchev–Trinajstić information content (AvgIpc) is 3.47. The molecule has 0 saturated carbocycles. The van der Waals surface area contributed by atoms with Crippen LogP contribution in [0, 0.1) is 11.3 Å². The van der Waals surface area contributed by atoms with Crippen molar-refractivity contribution in [2.24, 2.45) is 11.3 Å². The van der Waals surface area contributed by atoms with Crippen LogP contribution < -0.4 is 0 Å². The highest BCUT2D eigenvalue weighted by atomic mass is 16.5. The molecule has 43 heavy (non-hydrogen) atoms. The molecular weight excluding hydrogens is 524 g/mol. The zero-order chi connectivity index (χ0) is 30.8. The maximum Gasteiger partial charge on any atom is 0.117 e. The maximum atomic E-state index is 6.76. The third kappa shape index (κ3) is 8.12. The Morgan fingerprint density at radius 1 is 0.651 bits per heavy atom. The quantitative estimate of drug-likeness (QED) is 0.124. The van der Waals surface area contributed by atoms with Crippen molar-refractivity contribution in [1.82, 2.24) is 9.80 Å². The van der Waals surface area contributed by atoms with Crippen molar-refractivity contribution >= 4 is 0 Å². The number of nitrogens with zero attached hydrogens (tertiary/aromatic N) is 2. The molecule has 4 rings (SSSR count). The molecule has 0 amide bonds. The zero-order valence-electron chi connectivity index (χ0n) is 27.8. The van der Waals surface area contributed by atoms with Crippen molar-refractivity contribution in [2.45, 2.75) is 97.6 Å². The molecule has 1 atom stereocenters. The molecule has 0 aliphatic carbocycles. The molecule has 3 aromatic rings. The van der Waals surface area contributed by atoms with Gasteiger partial charge < -0.3 is 14.5 Å². The van der Waals surface area contributed by atoms with E-state index in [1.165, 1.54) is 61.6 Å². The van der Waals surface area contributed by atoms with Crippen LogP contribution in [0.5, 0.6) is 0 Å². The maximum absolute atomic E-state index is 6.76. The van der Waals surface area contributed by atoms with Gasteiger partial charge in [-0.1, -0.05) is 157 Å². The minimum absolute atomic E-state index is 0.174. The Hall–Kier alpha value is -3.04. The van der Waals surface area contributed by atoms with E-state index in [1.54, 1.807) is 0 Å². The van der Waals surface area contributed by atoms with Gasteiger partial charge in [0, 0.05) is 18.9 Å². The smallest absolute Gasteiger partial charge is 0.117 e. The van der Waals surface area contributed by atoms with Crippen LogP contribution >= 0.6 is 0 Å². The van der Waals surface area contributed by atoms with E-state index in [4.69, 9.17) is 4.74 Å². The van der Waals surface area contributed by atoms with E-state index in [2.05, 4.69) is 155 Å². The van der Waals surface area contributed by atoms with Gasteiger partial charge in [-0.3, -0.25) is 0 Å². The Labute approximate surface area is 263 Å². The highest BCUT2D eigenvalue weighted by Gasteiger charge is 2.43. The van der Waals surface area contributed by atoms with E-state index in [0.717, 1.165) is 13.2 Å². The summed E-state index contributed by atoms with van der Waals surface area (Å²) in [7, 11) is 0. The van der Waals surface area contributed by atoms with Crippen LogP contribution in [0.3, 0.4) is 0 Å². The van der Waals surface area contributed by atoms with Crippen LogP contribution in [0.1, 0.15) is 103 Å².